The Balaban J connectivity index is 1.66. The zero-order valence-corrected chi connectivity index (χ0v) is 11.9. The molecule has 1 atom stereocenters. The minimum Gasteiger partial charge on any atom is -0.496 e. The standard InChI is InChI=1S/C16H23NO2/c1-12-10-13(4-5-15(12)18-2)17-14-6-9-19-16(11-14)7-3-8-16/h4-5,10,14,17H,3,6-9,11H2,1-2H3. The van der Waals surface area contributed by atoms with Gasteiger partial charge in [0.1, 0.15) is 5.75 Å². The van der Waals surface area contributed by atoms with Crippen LogP contribution in [0.5, 0.6) is 5.75 Å². The lowest BCUT2D eigenvalue weighted by Crippen LogP contribution is -2.49. The van der Waals surface area contributed by atoms with Crippen LogP contribution >= 0.6 is 0 Å². The first-order valence-electron chi connectivity index (χ1n) is 7.26. The molecule has 1 spiro atoms. The summed E-state index contributed by atoms with van der Waals surface area (Å²) in [4.78, 5) is 0. The van der Waals surface area contributed by atoms with E-state index in [-0.39, 0.29) is 5.60 Å². The number of hydrogen-bond acceptors (Lipinski definition) is 3. The molecule has 0 bridgehead atoms. The van der Waals surface area contributed by atoms with Gasteiger partial charge in [-0.05, 0) is 62.8 Å². The SMILES string of the molecule is COc1ccc(NC2CCOC3(CCC3)C2)cc1C. The Morgan fingerprint density at radius 3 is 2.84 bits per heavy atom. The molecule has 0 radical (unpaired) electrons. The summed E-state index contributed by atoms with van der Waals surface area (Å²) in [5.74, 6) is 0.952. The molecule has 2 fully saturated rings. The first kappa shape index (κ1) is 12.8. The van der Waals surface area contributed by atoms with E-state index >= 15 is 0 Å². The summed E-state index contributed by atoms with van der Waals surface area (Å²) in [6, 6.07) is 6.86. The molecule has 1 heterocycles. The molecule has 1 unspecified atom stereocenters. The fraction of sp³-hybridized carbons (Fsp3) is 0.625. The first-order chi connectivity index (χ1) is 9.21. The van der Waals surface area contributed by atoms with Crippen molar-refractivity contribution < 1.29 is 9.47 Å². The third kappa shape index (κ3) is 2.57. The molecule has 1 aliphatic carbocycles. The van der Waals surface area contributed by atoms with Crippen LogP contribution in [-0.4, -0.2) is 25.4 Å². The third-order valence-electron chi connectivity index (χ3n) is 4.52. The third-order valence-corrected chi connectivity index (χ3v) is 4.52. The molecule has 3 heteroatoms. The maximum absolute atomic E-state index is 5.97. The Morgan fingerprint density at radius 2 is 2.21 bits per heavy atom. The van der Waals surface area contributed by atoms with Crippen LogP contribution in [-0.2, 0) is 4.74 Å². The number of hydrogen-bond donors (Lipinski definition) is 1. The fourth-order valence-electron chi connectivity index (χ4n) is 3.27. The van der Waals surface area contributed by atoms with E-state index in [1.807, 2.05) is 6.07 Å². The molecule has 3 nitrogen and oxygen atoms in total. The Morgan fingerprint density at radius 1 is 1.37 bits per heavy atom. The highest BCUT2D eigenvalue weighted by Gasteiger charge is 2.42. The molecule has 1 saturated carbocycles. The van der Waals surface area contributed by atoms with Crippen molar-refractivity contribution >= 4 is 5.69 Å². The van der Waals surface area contributed by atoms with Gasteiger partial charge in [-0.3, -0.25) is 0 Å². The van der Waals surface area contributed by atoms with Crippen LogP contribution < -0.4 is 10.1 Å². The summed E-state index contributed by atoms with van der Waals surface area (Å²) in [5.41, 5.74) is 2.58. The summed E-state index contributed by atoms with van der Waals surface area (Å²) < 4.78 is 11.3. The first-order valence-corrected chi connectivity index (χ1v) is 7.26. The Hall–Kier alpha value is -1.22. The summed E-state index contributed by atoms with van der Waals surface area (Å²) in [6.07, 6.45) is 6.07. The van der Waals surface area contributed by atoms with Gasteiger partial charge in [0, 0.05) is 18.3 Å². The van der Waals surface area contributed by atoms with Crippen molar-refractivity contribution in [1.82, 2.24) is 0 Å². The molecule has 1 aromatic carbocycles. The van der Waals surface area contributed by atoms with Gasteiger partial charge < -0.3 is 14.8 Å². The zero-order chi connectivity index (χ0) is 13.3. The summed E-state index contributed by atoms with van der Waals surface area (Å²) in [7, 11) is 1.72. The van der Waals surface area contributed by atoms with Gasteiger partial charge >= 0.3 is 0 Å². The Kier molecular flexibility index (Phi) is 3.40. The Bertz CT molecular complexity index is 454. The van der Waals surface area contributed by atoms with Gasteiger partial charge in [-0.1, -0.05) is 0 Å². The van der Waals surface area contributed by atoms with Gasteiger partial charge in [-0.25, -0.2) is 0 Å². The minimum atomic E-state index is 0.206. The quantitative estimate of drug-likeness (QED) is 0.903. The van der Waals surface area contributed by atoms with Crippen molar-refractivity contribution in [3.8, 4) is 5.75 Å². The number of methoxy groups -OCH3 is 1. The fourth-order valence-corrected chi connectivity index (χ4v) is 3.27. The molecule has 19 heavy (non-hydrogen) atoms. The van der Waals surface area contributed by atoms with Gasteiger partial charge in [0.05, 0.1) is 12.7 Å². The Labute approximate surface area is 115 Å². The van der Waals surface area contributed by atoms with Crippen molar-refractivity contribution in [2.75, 3.05) is 19.0 Å². The second kappa shape index (κ2) is 5.04. The van der Waals surface area contributed by atoms with E-state index in [4.69, 9.17) is 9.47 Å². The molecule has 1 saturated heterocycles. The van der Waals surface area contributed by atoms with Crippen LogP contribution in [0.3, 0.4) is 0 Å². The van der Waals surface area contributed by atoms with Crippen LogP contribution in [0.2, 0.25) is 0 Å². The smallest absolute Gasteiger partial charge is 0.121 e. The lowest BCUT2D eigenvalue weighted by Gasteiger charge is -2.47. The van der Waals surface area contributed by atoms with Crippen LogP contribution in [0.25, 0.3) is 0 Å². The van der Waals surface area contributed by atoms with Crippen molar-refractivity contribution in [3.63, 3.8) is 0 Å². The highest BCUT2D eigenvalue weighted by atomic mass is 16.5. The number of anilines is 1. The maximum atomic E-state index is 5.97. The van der Waals surface area contributed by atoms with Gasteiger partial charge in [0.25, 0.3) is 0 Å². The van der Waals surface area contributed by atoms with Gasteiger partial charge in [-0.15, -0.1) is 0 Å². The zero-order valence-electron chi connectivity index (χ0n) is 11.9. The topological polar surface area (TPSA) is 30.5 Å². The highest BCUT2D eigenvalue weighted by Crippen LogP contribution is 2.42. The predicted molar refractivity (Wildman–Crippen MR) is 76.9 cm³/mol. The maximum Gasteiger partial charge on any atom is 0.121 e. The van der Waals surface area contributed by atoms with E-state index < -0.39 is 0 Å². The second-order valence-corrected chi connectivity index (χ2v) is 5.90. The largest absolute Gasteiger partial charge is 0.496 e. The van der Waals surface area contributed by atoms with Crippen LogP contribution in [0.15, 0.2) is 18.2 Å². The van der Waals surface area contributed by atoms with E-state index in [1.165, 1.54) is 30.5 Å². The molecule has 104 valence electrons. The van der Waals surface area contributed by atoms with E-state index in [2.05, 4.69) is 24.4 Å². The summed E-state index contributed by atoms with van der Waals surface area (Å²) >= 11 is 0. The van der Waals surface area contributed by atoms with Gasteiger partial charge in [-0.2, -0.15) is 0 Å². The molecule has 0 aromatic heterocycles. The molecule has 2 aliphatic rings. The monoisotopic (exact) mass is 261 g/mol. The minimum absolute atomic E-state index is 0.206. The van der Waals surface area contributed by atoms with Crippen LogP contribution in [0, 0.1) is 6.92 Å². The number of benzene rings is 1. The second-order valence-electron chi connectivity index (χ2n) is 5.90. The number of rotatable bonds is 3. The normalized spacial score (nSPS) is 24.8. The molecular weight excluding hydrogens is 238 g/mol. The average Bonchev–Trinajstić information content (AvgIpc) is 2.37. The molecule has 1 aliphatic heterocycles. The average molecular weight is 261 g/mol. The lowest BCUT2D eigenvalue weighted by atomic mass is 9.74. The summed E-state index contributed by atoms with van der Waals surface area (Å²) in [5, 5.41) is 3.66. The van der Waals surface area contributed by atoms with Crippen LogP contribution in [0.4, 0.5) is 5.69 Å². The summed E-state index contributed by atoms with van der Waals surface area (Å²) in [6.45, 7) is 2.98. The van der Waals surface area contributed by atoms with E-state index in [0.29, 0.717) is 6.04 Å². The number of aryl methyl sites for hydroxylation is 1. The van der Waals surface area contributed by atoms with Crippen molar-refractivity contribution in [2.24, 2.45) is 0 Å². The van der Waals surface area contributed by atoms with E-state index in [1.54, 1.807) is 7.11 Å². The molecule has 1 N–H and O–H groups in total. The number of ether oxygens (including phenoxy) is 2. The molecule has 1 aromatic rings. The van der Waals surface area contributed by atoms with Crippen molar-refractivity contribution in [1.29, 1.82) is 0 Å². The van der Waals surface area contributed by atoms with Crippen molar-refractivity contribution in [2.45, 2.75) is 50.7 Å². The van der Waals surface area contributed by atoms with Gasteiger partial charge in [0.2, 0.25) is 0 Å². The van der Waals surface area contributed by atoms with Crippen molar-refractivity contribution in [3.05, 3.63) is 23.8 Å². The molecule has 3 rings (SSSR count). The molecule has 0 amide bonds. The van der Waals surface area contributed by atoms with E-state index in [0.717, 1.165) is 25.2 Å². The van der Waals surface area contributed by atoms with E-state index in [9.17, 15) is 0 Å². The lowest BCUT2D eigenvalue weighted by molar-refractivity contribution is -0.130. The predicted octanol–water partition coefficient (Wildman–Crippen LogP) is 3.52. The van der Waals surface area contributed by atoms with Crippen LogP contribution in [0.1, 0.15) is 37.7 Å². The molecular formula is C16H23NO2. The van der Waals surface area contributed by atoms with Gasteiger partial charge in [0.15, 0.2) is 0 Å². The number of nitrogens with one attached hydrogen (secondary N) is 1. The highest BCUT2D eigenvalue weighted by molar-refractivity contribution is 5.51.